The van der Waals surface area contributed by atoms with Gasteiger partial charge >= 0.3 is 0 Å². The molecule has 4 nitrogen and oxygen atoms in total. The Bertz CT molecular complexity index is 678. The lowest BCUT2D eigenvalue weighted by Crippen LogP contribution is -2.11. The van der Waals surface area contributed by atoms with Gasteiger partial charge in [0.25, 0.3) is 5.69 Å². The molecule has 5 heteroatoms. The first-order valence-corrected chi connectivity index (χ1v) is 7.38. The maximum absolute atomic E-state index is 11.3. The van der Waals surface area contributed by atoms with Crippen molar-refractivity contribution in [3.8, 4) is 0 Å². The summed E-state index contributed by atoms with van der Waals surface area (Å²) >= 11 is 3.39. The molecule has 1 N–H and O–H groups in total. The zero-order valence-electron chi connectivity index (χ0n) is 12.2. The minimum atomic E-state index is -0.352. The fraction of sp³-hybridized carbons (Fsp3) is 0.250. The van der Waals surface area contributed by atoms with E-state index in [0.717, 1.165) is 15.7 Å². The molecule has 0 aliphatic carbocycles. The van der Waals surface area contributed by atoms with Crippen LogP contribution < -0.4 is 5.32 Å². The van der Waals surface area contributed by atoms with Crippen LogP contribution in [-0.2, 0) is 5.41 Å². The van der Waals surface area contributed by atoms with Crippen LogP contribution in [0, 0.1) is 10.1 Å². The number of halogens is 1. The third-order valence-corrected chi connectivity index (χ3v) is 3.66. The summed E-state index contributed by atoms with van der Waals surface area (Å²) in [5.74, 6) is 0. The molecule has 2 aromatic carbocycles. The highest BCUT2D eigenvalue weighted by Gasteiger charge is 2.20. The van der Waals surface area contributed by atoms with Gasteiger partial charge in [0.05, 0.1) is 4.92 Å². The van der Waals surface area contributed by atoms with E-state index in [2.05, 4.69) is 21.2 Å². The topological polar surface area (TPSA) is 55.2 Å². The maximum atomic E-state index is 11.3. The van der Waals surface area contributed by atoms with Crippen LogP contribution in [0.15, 0.2) is 46.9 Å². The number of nitro groups is 1. The predicted molar refractivity (Wildman–Crippen MR) is 89.2 cm³/mol. The van der Waals surface area contributed by atoms with Gasteiger partial charge in [0, 0.05) is 16.2 Å². The van der Waals surface area contributed by atoms with Gasteiger partial charge in [0.1, 0.15) is 5.69 Å². The Labute approximate surface area is 132 Å². The van der Waals surface area contributed by atoms with E-state index in [1.807, 2.05) is 51.1 Å². The molecule has 0 spiro atoms. The largest absolute Gasteiger partial charge is 0.350 e. The van der Waals surface area contributed by atoms with E-state index >= 15 is 0 Å². The van der Waals surface area contributed by atoms with Crippen LogP contribution in [0.5, 0.6) is 0 Å². The Kier molecular flexibility index (Phi) is 4.32. The monoisotopic (exact) mass is 348 g/mol. The fourth-order valence-corrected chi connectivity index (χ4v) is 2.38. The summed E-state index contributed by atoms with van der Waals surface area (Å²) in [4.78, 5) is 11.0. The van der Waals surface area contributed by atoms with Crippen LogP contribution in [0.25, 0.3) is 0 Å². The number of anilines is 2. The van der Waals surface area contributed by atoms with Gasteiger partial charge in [-0.1, -0.05) is 48.8 Å². The Morgan fingerprint density at radius 1 is 1.14 bits per heavy atom. The normalized spacial score (nSPS) is 11.2. The standard InChI is InChI=1S/C16H17BrN2O2/c1-16(2,3)11-7-8-14(15(9-11)19(20)21)18-13-6-4-5-12(17)10-13/h4-10,18H,1-3H3. The van der Waals surface area contributed by atoms with E-state index in [4.69, 9.17) is 0 Å². The molecule has 0 saturated carbocycles. The van der Waals surface area contributed by atoms with E-state index in [9.17, 15) is 10.1 Å². The summed E-state index contributed by atoms with van der Waals surface area (Å²) in [6.07, 6.45) is 0. The molecule has 2 aromatic rings. The number of hydrogen-bond acceptors (Lipinski definition) is 3. The van der Waals surface area contributed by atoms with Gasteiger partial charge in [0.15, 0.2) is 0 Å². The van der Waals surface area contributed by atoms with Gasteiger partial charge in [0.2, 0.25) is 0 Å². The molecule has 0 fully saturated rings. The van der Waals surface area contributed by atoms with Crippen molar-refractivity contribution < 1.29 is 4.92 Å². The Morgan fingerprint density at radius 3 is 2.43 bits per heavy atom. The summed E-state index contributed by atoms with van der Waals surface area (Å²) in [6, 6.07) is 12.9. The summed E-state index contributed by atoms with van der Waals surface area (Å²) in [5, 5.41) is 14.4. The van der Waals surface area contributed by atoms with Gasteiger partial charge in [-0.2, -0.15) is 0 Å². The SMILES string of the molecule is CC(C)(C)c1ccc(Nc2cccc(Br)c2)c([N+](=O)[O-])c1. The lowest BCUT2D eigenvalue weighted by atomic mass is 9.86. The zero-order valence-corrected chi connectivity index (χ0v) is 13.8. The second-order valence-electron chi connectivity index (χ2n) is 5.87. The van der Waals surface area contributed by atoms with Crippen molar-refractivity contribution in [3.05, 3.63) is 62.6 Å². The first-order valence-electron chi connectivity index (χ1n) is 6.59. The van der Waals surface area contributed by atoms with Crippen LogP contribution in [0.3, 0.4) is 0 Å². The molecule has 0 heterocycles. The van der Waals surface area contributed by atoms with Crippen molar-refractivity contribution in [1.29, 1.82) is 0 Å². The quantitative estimate of drug-likeness (QED) is 0.596. The third-order valence-electron chi connectivity index (χ3n) is 3.16. The van der Waals surface area contributed by atoms with E-state index in [1.165, 1.54) is 0 Å². The van der Waals surface area contributed by atoms with E-state index in [-0.39, 0.29) is 16.0 Å². The smallest absolute Gasteiger partial charge is 0.292 e. The Morgan fingerprint density at radius 2 is 1.86 bits per heavy atom. The van der Waals surface area contributed by atoms with E-state index in [1.54, 1.807) is 12.1 Å². The van der Waals surface area contributed by atoms with E-state index < -0.39 is 0 Å². The van der Waals surface area contributed by atoms with Gasteiger partial charge in [-0.25, -0.2) is 0 Å². The molecule has 2 rings (SSSR count). The Hall–Kier alpha value is -1.88. The molecule has 0 aliphatic heterocycles. The Balaban J connectivity index is 2.42. The van der Waals surface area contributed by atoms with E-state index in [0.29, 0.717) is 5.69 Å². The van der Waals surface area contributed by atoms with Crippen LogP contribution in [-0.4, -0.2) is 4.92 Å². The number of benzene rings is 2. The summed E-state index contributed by atoms with van der Waals surface area (Å²) < 4.78 is 0.918. The van der Waals surface area contributed by atoms with Crippen LogP contribution in [0.4, 0.5) is 17.1 Å². The second kappa shape index (κ2) is 5.85. The average Bonchev–Trinajstić information content (AvgIpc) is 2.37. The molecule has 0 amide bonds. The lowest BCUT2D eigenvalue weighted by Gasteiger charge is -2.19. The van der Waals surface area contributed by atoms with Crippen molar-refractivity contribution in [2.75, 3.05) is 5.32 Å². The molecule has 0 aliphatic rings. The van der Waals surface area contributed by atoms with Gasteiger partial charge in [-0.15, -0.1) is 0 Å². The fourth-order valence-electron chi connectivity index (χ4n) is 1.98. The van der Waals surface area contributed by atoms with Crippen molar-refractivity contribution in [2.45, 2.75) is 26.2 Å². The van der Waals surface area contributed by atoms with Crippen LogP contribution >= 0.6 is 15.9 Å². The highest BCUT2D eigenvalue weighted by Crippen LogP contribution is 2.33. The number of nitrogens with zero attached hydrogens (tertiary/aromatic N) is 1. The number of nitrogens with one attached hydrogen (secondary N) is 1. The molecular formula is C16H17BrN2O2. The molecule has 0 aromatic heterocycles. The van der Waals surface area contributed by atoms with Gasteiger partial charge in [-0.3, -0.25) is 10.1 Å². The number of hydrogen-bond donors (Lipinski definition) is 1. The first-order chi connectivity index (χ1) is 9.77. The summed E-state index contributed by atoms with van der Waals surface area (Å²) in [5.41, 5.74) is 2.19. The lowest BCUT2D eigenvalue weighted by molar-refractivity contribution is -0.384. The molecule has 0 radical (unpaired) electrons. The molecule has 0 unspecified atom stereocenters. The first kappa shape index (κ1) is 15.5. The van der Waals surface area contributed by atoms with Gasteiger partial charge in [-0.05, 0) is 35.2 Å². The minimum Gasteiger partial charge on any atom is -0.350 e. The van der Waals surface area contributed by atoms with Crippen molar-refractivity contribution in [3.63, 3.8) is 0 Å². The summed E-state index contributed by atoms with van der Waals surface area (Å²) in [7, 11) is 0. The average molecular weight is 349 g/mol. The molecule has 0 atom stereocenters. The predicted octanol–water partition coefficient (Wildman–Crippen LogP) is 5.40. The van der Waals surface area contributed by atoms with Crippen molar-refractivity contribution >= 4 is 33.0 Å². The van der Waals surface area contributed by atoms with Crippen LogP contribution in [0.1, 0.15) is 26.3 Å². The maximum Gasteiger partial charge on any atom is 0.292 e. The second-order valence-corrected chi connectivity index (χ2v) is 6.79. The zero-order chi connectivity index (χ0) is 15.6. The molecule has 21 heavy (non-hydrogen) atoms. The van der Waals surface area contributed by atoms with Crippen molar-refractivity contribution in [1.82, 2.24) is 0 Å². The third kappa shape index (κ3) is 3.82. The van der Waals surface area contributed by atoms with Gasteiger partial charge < -0.3 is 5.32 Å². The van der Waals surface area contributed by atoms with Crippen molar-refractivity contribution in [2.24, 2.45) is 0 Å². The van der Waals surface area contributed by atoms with Crippen LogP contribution in [0.2, 0.25) is 0 Å². The highest BCUT2D eigenvalue weighted by atomic mass is 79.9. The number of nitro benzene ring substituents is 1. The molecule has 0 bridgehead atoms. The highest BCUT2D eigenvalue weighted by molar-refractivity contribution is 9.10. The minimum absolute atomic E-state index is 0.0856. The molecule has 110 valence electrons. The molecule has 0 saturated heterocycles. The summed E-state index contributed by atoms with van der Waals surface area (Å²) in [6.45, 7) is 6.11. The number of rotatable bonds is 3. The molecular weight excluding hydrogens is 332 g/mol.